The number of nitrogens with zero attached hydrogens (tertiary/aromatic N) is 1. The molecule has 7 heteroatoms. The Morgan fingerprint density at radius 3 is 2.78 bits per heavy atom. The fourth-order valence-corrected chi connectivity index (χ4v) is 2.45. The largest absolute Gasteiger partial charge is 0.504 e. The number of amides is 1. The van der Waals surface area contributed by atoms with Crippen LogP contribution >= 0.6 is 11.6 Å². The maximum absolute atomic E-state index is 11.8. The summed E-state index contributed by atoms with van der Waals surface area (Å²) in [5.41, 5.74) is 3.70. The van der Waals surface area contributed by atoms with E-state index < -0.39 is 5.91 Å². The van der Waals surface area contributed by atoms with Crippen LogP contribution in [0.4, 0.5) is 0 Å². The van der Waals surface area contributed by atoms with Gasteiger partial charge in [0.2, 0.25) is 0 Å². The lowest BCUT2D eigenvalue weighted by molar-refractivity contribution is -0.123. The monoisotopic (exact) mass is 388 g/mol. The van der Waals surface area contributed by atoms with E-state index in [2.05, 4.69) is 17.1 Å². The third-order valence-electron chi connectivity index (χ3n) is 3.44. The molecular formula is C20H21ClN2O4. The zero-order valence-electron chi connectivity index (χ0n) is 14.9. The summed E-state index contributed by atoms with van der Waals surface area (Å²) in [5.74, 6) is 0.423. The van der Waals surface area contributed by atoms with Crippen molar-refractivity contribution < 1.29 is 19.4 Å². The van der Waals surface area contributed by atoms with Crippen molar-refractivity contribution in [2.45, 2.75) is 13.3 Å². The molecule has 0 unspecified atom stereocenters. The smallest absolute Gasteiger partial charge is 0.277 e. The van der Waals surface area contributed by atoms with Crippen molar-refractivity contribution in [2.24, 2.45) is 5.10 Å². The van der Waals surface area contributed by atoms with Crippen molar-refractivity contribution in [1.29, 1.82) is 0 Å². The van der Waals surface area contributed by atoms with Crippen LogP contribution in [0.1, 0.15) is 18.1 Å². The fourth-order valence-electron chi connectivity index (χ4n) is 2.26. The molecule has 2 aromatic carbocycles. The van der Waals surface area contributed by atoms with Gasteiger partial charge in [0.1, 0.15) is 5.75 Å². The lowest BCUT2D eigenvalue weighted by Gasteiger charge is -2.11. The summed E-state index contributed by atoms with van der Waals surface area (Å²) < 4.78 is 10.8. The van der Waals surface area contributed by atoms with Crippen LogP contribution in [-0.2, 0) is 11.2 Å². The van der Waals surface area contributed by atoms with Crippen molar-refractivity contribution in [2.75, 3.05) is 13.2 Å². The number of allylic oxidation sites excluding steroid dienone is 1. The topological polar surface area (TPSA) is 80.2 Å². The molecule has 0 atom stereocenters. The average molecular weight is 389 g/mol. The predicted molar refractivity (Wildman–Crippen MR) is 106 cm³/mol. The number of para-hydroxylation sites is 1. The summed E-state index contributed by atoms with van der Waals surface area (Å²) in [7, 11) is 0. The number of benzene rings is 2. The first-order valence-electron chi connectivity index (χ1n) is 8.34. The number of phenolic OH excluding ortho intramolecular Hbond substituents is 1. The van der Waals surface area contributed by atoms with E-state index in [1.165, 1.54) is 6.21 Å². The van der Waals surface area contributed by atoms with Crippen LogP contribution in [0.15, 0.2) is 54.2 Å². The number of carbonyl (C=O) groups is 1. The predicted octanol–water partition coefficient (Wildman–Crippen LogP) is 3.70. The van der Waals surface area contributed by atoms with Crippen molar-refractivity contribution in [3.05, 3.63) is 65.2 Å². The number of ether oxygens (including phenoxy) is 2. The molecule has 0 aliphatic carbocycles. The molecule has 0 aliphatic rings. The van der Waals surface area contributed by atoms with E-state index in [4.69, 9.17) is 21.1 Å². The molecule has 0 aromatic heterocycles. The highest BCUT2D eigenvalue weighted by Gasteiger charge is 2.10. The van der Waals surface area contributed by atoms with E-state index in [0.717, 1.165) is 0 Å². The molecular weight excluding hydrogens is 368 g/mol. The van der Waals surface area contributed by atoms with Gasteiger partial charge in [-0.3, -0.25) is 4.79 Å². The van der Waals surface area contributed by atoms with Gasteiger partial charge in [-0.15, -0.1) is 6.58 Å². The Balaban J connectivity index is 1.99. The van der Waals surface area contributed by atoms with Gasteiger partial charge in [-0.1, -0.05) is 29.8 Å². The number of aromatic hydroxyl groups is 1. The number of hydrogen-bond acceptors (Lipinski definition) is 5. The SMILES string of the molecule is C=CCc1cc(/C=N/NC(=O)COc2ccccc2Cl)cc(OCC)c1O. The van der Waals surface area contributed by atoms with Crippen LogP contribution in [0.2, 0.25) is 5.02 Å². The van der Waals surface area contributed by atoms with E-state index in [1.54, 1.807) is 42.5 Å². The number of halogens is 1. The van der Waals surface area contributed by atoms with Crippen LogP contribution in [-0.4, -0.2) is 30.4 Å². The van der Waals surface area contributed by atoms with Gasteiger partial charge in [-0.25, -0.2) is 5.43 Å². The minimum absolute atomic E-state index is 0.0751. The minimum Gasteiger partial charge on any atom is -0.504 e. The fraction of sp³-hybridized carbons (Fsp3) is 0.200. The first kappa shape index (κ1) is 20.3. The number of hydrogen-bond donors (Lipinski definition) is 2. The van der Waals surface area contributed by atoms with Gasteiger partial charge in [-0.2, -0.15) is 5.10 Å². The molecule has 0 bridgehead atoms. The average Bonchev–Trinajstić information content (AvgIpc) is 2.65. The molecule has 2 aromatic rings. The Kier molecular flexibility index (Phi) is 7.70. The normalized spacial score (nSPS) is 10.6. The first-order valence-corrected chi connectivity index (χ1v) is 8.71. The Morgan fingerprint density at radius 2 is 2.07 bits per heavy atom. The molecule has 0 heterocycles. The molecule has 142 valence electrons. The summed E-state index contributed by atoms with van der Waals surface area (Å²) >= 11 is 5.96. The number of nitrogens with one attached hydrogen (secondary N) is 1. The van der Waals surface area contributed by atoms with Gasteiger partial charge in [-0.05, 0) is 43.2 Å². The minimum atomic E-state index is -0.429. The van der Waals surface area contributed by atoms with E-state index in [-0.39, 0.29) is 12.4 Å². The van der Waals surface area contributed by atoms with Gasteiger partial charge in [0, 0.05) is 5.56 Å². The Morgan fingerprint density at radius 1 is 1.30 bits per heavy atom. The molecule has 0 aliphatic heterocycles. The van der Waals surface area contributed by atoms with Crippen LogP contribution in [0, 0.1) is 0 Å². The van der Waals surface area contributed by atoms with Crippen LogP contribution in [0.5, 0.6) is 17.2 Å². The lowest BCUT2D eigenvalue weighted by Crippen LogP contribution is -2.24. The highest BCUT2D eigenvalue weighted by molar-refractivity contribution is 6.32. The molecule has 2 N–H and O–H groups in total. The quantitative estimate of drug-likeness (QED) is 0.390. The molecule has 0 fully saturated rings. The van der Waals surface area contributed by atoms with Gasteiger partial charge < -0.3 is 14.6 Å². The van der Waals surface area contributed by atoms with E-state index in [0.29, 0.717) is 40.7 Å². The maximum atomic E-state index is 11.8. The third-order valence-corrected chi connectivity index (χ3v) is 3.75. The van der Waals surface area contributed by atoms with Gasteiger partial charge in [0.15, 0.2) is 18.1 Å². The van der Waals surface area contributed by atoms with Crippen LogP contribution in [0.3, 0.4) is 0 Å². The standard InChI is InChI=1S/C20H21ClN2O4/c1-3-7-15-10-14(11-18(20(15)25)26-4-2)12-22-23-19(24)13-27-17-9-6-5-8-16(17)21/h3,5-6,8-12,25H,1,4,7,13H2,2H3,(H,23,24)/b22-12+. The lowest BCUT2D eigenvalue weighted by atomic mass is 10.1. The number of carbonyl (C=O) groups excluding carboxylic acids is 1. The van der Waals surface area contributed by atoms with Crippen molar-refractivity contribution >= 4 is 23.7 Å². The van der Waals surface area contributed by atoms with Crippen molar-refractivity contribution in [3.8, 4) is 17.2 Å². The maximum Gasteiger partial charge on any atom is 0.277 e. The van der Waals surface area contributed by atoms with Gasteiger partial charge in [0.25, 0.3) is 5.91 Å². The Bertz CT molecular complexity index is 837. The number of hydrazone groups is 1. The van der Waals surface area contributed by atoms with Crippen LogP contribution < -0.4 is 14.9 Å². The summed E-state index contributed by atoms with van der Waals surface area (Å²) in [6.45, 7) is 5.69. The molecule has 0 spiro atoms. The molecule has 2 rings (SSSR count). The number of phenols is 1. The highest BCUT2D eigenvalue weighted by atomic mass is 35.5. The second-order valence-corrected chi connectivity index (χ2v) is 5.87. The zero-order chi connectivity index (χ0) is 19.6. The van der Waals surface area contributed by atoms with Gasteiger partial charge in [0.05, 0.1) is 17.8 Å². The number of rotatable bonds is 9. The molecule has 0 radical (unpaired) electrons. The highest BCUT2D eigenvalue weighted by Crippen LogP contribution is 2.32. The summed E-state index contributed by atoms with van der Waals surface area (Å²) in [5, 5.41) is 14.5. The van der Waals surface area contributed by atoms with E-state index >= 15 is 0 Å². The summed E-state index contributed by atoms with van der Waals surface area (Å²) in [6, 6.07) is 10.3. The molecule has 0 saturated heterocycles. The first-order chi connectivity index (χ1) is 13.0. The third kappa shape index (κ3) is 6.04. The Hall–Kier alpha value is -2.99. The zero-order valence-corrected chi connectivity index (χ0v) is 15.7. The van der Waals surface area contributed by atoms with Crippen molar-refractivity contribution in [3.63, 3.8) is 0 Å². The van der Waals surface area contributed by atoms with E-state index in [9.17, 15) is 9.90 Å². The molecule has 1 amide bonds. The van der Waals surface area contributed by atoms with E-state index in [1.807, 2.05) is 6.92 Å². The molecule has 0 saturated carbocycles. The summed E-state index contributed by atoms with van der Waals surface area (Å²) in [6.07, 6.45) is 3.62. The summed E-state index contributed by atoms with van der Waals surface area (Å²) in [4.78, 5) is 11.8. The molecule has 27 heavy (non-hydrogen) atoms. The van der Waals surface area contributed by atoms with Crippen molar-refractivity contribution in [1.82, 2.24) is 5.43 Å². The Labute approximate surface area is 163 Å². The van der Waals surface area contributed by atoms with Crippen LogP contribution in [0.25, 0.3) is 0 Å². The second-order valence-electron chi connectivity index (χ2n) is 5.46. The molecule has 6 nitrogen and oxygen atoms in total. The van der Waals surface area contributed by atoms with Gasteiger partial charge >= 0.3 is 0 Å². The second kappa shape index (κ2) is 10.2.